The maximum Gasteiger partial charge on any atom is 0.344 e. The number of nitrogens with zero attached hydrogens (tertiary/aromatic N) is 6. The van der Waals surface area contributed by atoms with E-state index in [4.69, 9.17) is 4.98 Å². The zero-order valence-electron chi connectivity index (χ0n) is 16.9. The van der Waals surface area contributed by atoms with Crippen LogP contribution in [-0.2, 0) is 20.0 Å². The molecule has 6 aromatic rings. The van der Waals surface area contributed by atoms with E-state index < -0.39 is 0 Å². The summed E-state index contributed by atoms with van der Waals surface area (Å²) >= 11 is 1.52. The van der Waals surface area contributed by atoms with Crippen LogP contribution < -0.4 is 11.2 Å². The van der Waals surface area contributed by atoms with Crippen LogP contribution in [0, 0.1) is 0 Å². The molecule has 0 aliphatic carbocycles. The van der Waals surface area contributed by atoms with Gasteiger partial charge in [0.05, 0.1) is 29.2 Å². The largest absolute Gasteiger partial charge is 0.344 e. The quantitative estimate of drug-likeness (QED) is 0.428. The molecule has 0 fully saturated rings. The maximum absolute atomic E-state index is 13.3. The Bertz CT molecular complexity index is 1730. The van der Waals surface area contributed by atoms with Gasteiger partial charge < -0.3 is 9.55 Å². The Labute approximate surface area is 183 Å². The van der Waals surface area contributed by atoms with E-state index in [0.717, 1.165) is 42.8 Å². The Morgan fingerprint density at radius 3 is 2.88 bits per heavy atom. The van der Waals surface area contributed by atoms with Crippen LogP contribution in [0.3, 0.4) is 0 Å². The molecule has 0 radical (unpaired) electrons. The SMILES string of the molecule is Cn1c2nc(Cc3cnc(=O)[nH]c3)sc2c2cnn(Cc3cccc4[nH]ncc34)c(=O)c21. The lowest BCUT2D eigenvalue weighted by Gasteiger charge is -2.07. The van der Waals surface area contributed by atoms with E-state index in [0.29, 0.717) is 18.5 Å². The second-order valence-corrected chi connectivity index (χ2v) is 8.62. The van der Waals surface area contributed by atoms with E-state index in [2.05, 4.69) is 25.3 Å². The first-order valence-electron chi connectivity index (χ1n) is 9.87. The molecule has 6 rings (SSSR count). The van der Waals surface area contributed by atoms with Crippen LogP contribution in [0.5, 0.6) is 0 Å². The molecule has 0 bridgehead atoms. The second kappa shape index (κ2) is 6.95. The van der Waals surface area contributed by atoms with Crippen molar-refractivity contribution in [1.82, 2.24) is 39.5 Å². The molecule has 1 aromatic carbocycles. The summed E-state index contributed by atoms with van der Waals surface area (Å²) in [6.45, 7) is 0.350. The number of benzene rings is 1. The highest BCUT2D eigenvalue weighted by atomic mass is 32.1. The summed E-state index contributed by atoms with van der Waals surface area (Å²) in [7, 11) is 1.85. The molecule has 32 heavy (non-hydrogen) atoms. The van der Waals surface area contributed by atoms with Gasteiger partial charge in [0.2, 0.25) is 0 Å². The Hall–Kier alpha value is -4.12. The molecular weight excluding hydrogens is 428 g/mol. The van der Waals surface area contributed by atoms with Crippen molar-refractivity contribution in [1.29, 1.82) is 0 Å². The van der Waals surface area contributed by atoms with E-state index in [1.165, 1.54) is 16.0 Å². The van der Waals surface area contributed by atoms with Gasteiger partial charge in [-0.1, -0.05) is 12.1 Å². The van der Waals surface area contributed by atoms with Crippen LogP contribution in [0.2, 0.25) is 0 Å². The second-order valence-electron chi connectivity index (χ2n) is 7.54. The molecule has 11 heteroatoms. The number of fused-ring (bicyclic) bond motifs is 4. The molecule has 0 saturated carbocycles. The number of aryl methyl sites for hydroxylation is 1. The number of rotatable bonds is 4. The third-order valence-electron chi connectivity index (χ3n) is 5.55. The van der Waals surface area contributed by atoms with Crippen LogP contribution in [0.25, 0.3) is 32.2 Å². The van der Waals surface area contributed by atoms with Crippen molar-refractivity contribution in [2.24, 2.45) is 7.05 Å². The molecule has 0 spiro atoms. The summed E-state index contributed by atoms with van der Waals surface area (Å²) in [6, 6.07) is 5.85. The van der Waals surface area contributed by atoms with Crippen LogP contribution in [-0.4, -0.2) is 39.5 Å². The average Bonchev–Trinajstić information content (AvgIpc) is 3.49. The lowest BCUT2D eigenvalue weighted by molar-refractivity contribution is 0.647. The smallest absolute Gasteiger partial charge is 0.323 e. The highest BCUT2D eigenvalue weighted by Crippen LogP contribution is 2.31. The molecule has 0 saturated heterocycles. The zero-order chi connectivity index (χ0) is 21.8. The minimum absolute atomic E-state index is 0.165. The number of hydrogen-bond donors (Lipinski definition) is 2. The number of aromatic nitrogens is 8. The first-order chi connectivity index (χ1) is 15.6. The number of aromatic amines is 2. The van der Waals surface area contributed by atoms with Crippen molar-refractivity contribution in [3.8, 4) is 0 Å². The highest BCUT2D eigenvalue weighted by molar-refractivity contribution is 7.19. The Morgan fingerprint density at radius 1 is 1.12 bits per heavy atom. The average molecular weight is 444 g/mol. The first kappa shape index (κ1) is 18.6. The molecule has 0 amide bonds. The molecule has 0 unspecified atom stereocenters. The summed E-state index contributed by atoms with van der Waals surface area (Å²) in [5, 5.41) is 14.1. The summed E-state index contributed by atoms with van der Waals surface area (Å²) in [4.78, 5) is 35.5. The van der Waals surface area contributed by atoms with Gasteiger partial charge in [0, 0.05) is 36.6 Å². The molecule has 5 heterocycles. The van der Waals surface area contributed by atoms with Gasteiger partial charge in [0.15, 0.2) is 5.65 Å². The molecule has 0 atom stereocenters. The van der Waals surface area contributed by atoms with Gasteiger partial charge >= 0.3 is 5.69 Å². The van der Waals surface area contributed by atoms with Crippen LogP contribution >= 0.6 is 11.3 Å². The van der Waals surface area contributed by atoms with E-state index in [1.807, 2.05) is 29.8 Å². The van der Waals surface area contributed by atoms with Crippen LogP contribution in [0.4, 0.5) is 0 Å². The number of H-pyrrole nitrogens is 2. The molecule has 2 N–H and O–H groups in total. The van der Waals surface area contributed by atoms with Crippen molar-refractivity contribution in [2.75, 3.05) is 0 Å². The third-order valence-corrected chi connectivity index (χ3v) is 6.63. The predicted octanol–water partition coefficient (Wildman–Crippen LogP) is 1.94. The summed E-state index contributed by atoms with van der Waals surface area (Å²) in [5.74, 6) is 0. The lowest BCUT2D eigenvalue weighted by Crippen LogP contribution is -2.24. The van der Waals surface area contributed by atoms with E-state index in [-0.39, 0.29) is 11.2 Å². The lowest BCUT2D eigenvalue weighted by atomic mass is 10.1. The van der Waals surface area contributed by atoms with Gasteiger partial charge in [-0.2, -0.15) is 10.2 Å². The molecule has 10 nitrogen and oxygen atoms in total. The van der Waals surface area contributed by atoms with Gasteiger partial charge in [-0.15, -0.1) is 11.3 Å². The molecule has 0 aliphatic rings. The number of thiazole rings is 1. The van der Waals surface area contributed by atoms with Crippen molar-refractivity contribution in [3.63, 3.8) is 0 Å². The van der Waals surface area contributed by atoms with Crippen molar-refractivity contribution < 1.29 is 0 Å². The summed E-state index contributed by atoms with van der Waals surface area (Å²) in [5.41, 5.74) is 3.53. The normalized spacial score (nSPS) is 11.8. The third kappa shape index (κ3) is 2.86. The number of hydrogen-bond acceptors (Lipinski definition) is 7. The van der Waals surface area contributed by atoms with E-state index in [9.17, 15) is 9.59 Å². The topological polar surface area (TPSA) is 127 Å². The van der Waals surface area contributed by atoms with Gasteiger partial charge in [-0.3, -0.25) is 9.89 Å². The molecular formula is C21H16N8O2S. The minimum Gasteiger partial charge on any atom is -0.323 e. The fourth-order valence-electron chi connectivity index (χ4n) is 3.99. The van der Waals surface area contributed by atoms with Crippen molar-refractivity contribution in [3.05, 3.63) is 80.0 Å². The monoisotopic (exact) mass is 444 g/mol. The van der Waals surface area contributed by atoms with Crippen LogP contribution in [0.1, 0.15) is 16.1 Å². The van der Waals surface area contributed by atoms with Crippen molar-refractivity contribution >= 4 is 43.5 Å². The predicted molar refractivity (Wildman–Crippen MR) is 121 cm³/mol. The van der Waals surface area contributed by atoms with E-state index in [1.54, 1.807) is 24.8 Å². The molecule has 158 valence electrons. The Kier molecular flexibility index (Phi) is 4.05. The maximum atomic E-state index is 13.3. The Morgan fingerprint density at radius 2 is 2.03 bits per heavy atom. The fraction of sp³-hybridized carbons (Fsp3) is 0.143. The molecule has 5 aromatic heterocycles. The van der Waals surface area contributed by atoms with Gasteiger partial charge in [0.1, 0.15) is 10.5 Å². The zero-order valence-corrected chi connectivity index (χ0v) is 17.7. The molecule has 0 aliphatic heterocycles. The highest BCUT2D eigenvalue weighted by Gasteiger charge is 2.19. The first-order valence-corrected chi connectivity index (χ1v) is 10.7. The minimum atomic E-state index is -0.379. The fourth-order valence-corrected chi connectivity index (χ4v) is 5.13. The van der Waals surface area contributed by atoms with E-state index >= 15 is 0 Å². The van der Waals surface area contributed by atoms with Gasteiger partial charge in [-0.05, 0) is 17.2 Å². The summed E-state index contributed by atoms with van der Waals surface area (Å²) < 4.78 is 4.22. The summed E-state index contributed by atoms with van der Waals surface area (Å²) in [6.07, 6.45) is 7.22. The standard InChI is InChI=1S/C21H16N8O2S/c1-28-17-14(18-19(28)26-16(32-18)5-11-6-22-21(31)23-7-11)9-25-29(20(17)30)10-12-3-2-4-15-13(12)8-24-27-15/h2-4,6-9H,5,10H2,1H3,(H,24,27)(H,22,23,31). The van der Waals surface area contributed by atoms with Crippen molar-refractivity contribution in [2.45, 2.75) is 13.0 Å². The van der Waals surface area contributed by atoms with Gasteiger partial charge in [0.25, 0.3) is 5.56 Å². The number of nitrogens with one attached hydrogen (secondary N) is 2. The Balaban J connectivity index is 1.42. The van der Waals surface area contributed by atoms with Gasteiger partial charge in [-0.25, -0.2) is 19.4 Å². The van der Waals surface area contributed by atoms with Crippen LogP contribution in [0.15, 0.2) is 52.6 Å².